The molecule has 0 amide bonds. The van der Waals surface area contributed by atoms with Gasteiger partial charge in [0.25, 0.3) is 0 Å². The number of hydrogen-bond acceptors (Lipinski definition) is 6. The fraction of sp³-hybridized carbons (Fsp3) is 0. The molecule has 10 heavy (non-hydrogen) atoms. The maximum atomic E-state index is 8.42. The SMILES string of the molecule is [H+].[H+].[H+].[H+].[H+].[H+].[NaH].[NaH].[O-]B([O-])[O-].[O-]B([O-])[O-]. The number of hydrogen-bond donors (Lipinski definition) is 0. The Hall–Kier alpha value is 1.89. The molecule has 0 aromatic carbocycles. The van der Waals surface area contributed by atoms with E-state index in [1.54, 1.807) is 0 Å². The van der Waals surface area contributed by atoms with E-state index in [4.69, 9.17) is 30.1 Å². The molecule has 0 aliphatic heterocycles. The zero-order valence-corrected chi connectivity index (χ0v) is 3.60. The van der Waals surface area contributed by atoms with E-state index in [2.05, 4.69) is 0 Å². The van der Waals surface area contributed by atoms with E-state index in [0.717, 1.165) is 0 Å². The van der Waals surface area contributed by atoms with Crippen molar-refractivity contribution < 1.29 is 38.7 Å². The summed E-state index contributed by atoms with van der Waals surface area (Å²) in [6.45, 7) is 0. The third kappa shape index (κ3) is 219. The van der Waals surface area contributed by atoms with Gasteiger partial charge in [-0.25, -0.2) is 0 Å². The molecule has 6 nitrogen and oxygen atoms in total. The van der Waals surface area contributed by atoms with Crippen molar-refractivity contribution in [2.75, 3.05) is 0 Å². The second-order valence-electron chi connectivity index (χ2n) is 0.577. The molecule has 0 aromatic rings. The summed E-state index contributed by atoms with van der Waals surface area (Å²) in [5.74, 6) is 0. The van der Waals surface area contributed by atoms with Gasteiger partial charge in [-0.2, -0.15) is 0 Å². The molecule has 0 aliphatic carbocycles. The average Bonchev–Trinajstić information content (AvgIpc) is 1.25. The summed E-state index contributed by atoms with van der Waals surface area (Å²) < 4.78 is 0. The van der Waals surface area contributed by atoms with Crippen LogP contribution in [0.5, 0.6) is 0 Å². The Morgan fingerprint density at radius 1 is 0.600 bits per heavy atom. The van der Waals surface area contributed by atoms with Crippen molar-refractivity contribution in [3.05, 3.63) is 0 Å². The smallest absolute Gasteiger partial charge is 0.278 e. The molecule has 10 heteroatoms. The van der Waals surface area contributed by atoms with Gasteiger partial charge in [0.05, 0.1) is 0 Å². The van der Waals surface area contributed by atoms with Gasteiger partial charge in [-0.05, 0) is 0 Å². The molecule has 0 unspecified atom stereocenters. The molecule has 0 aromatic heterocycles. The largest absolute Gasteiger partial charge is 0.907 e. The summed E-state index contributed by atoms with van der Waals surface area (Å²) in [7, 11) is -5.83. The van der Waals surface area contributed by atoms with Crippen molar-refractivity contribution in [2.24, 2.45) is 0 Å². The summed E-state index contributed by atoms with van der Waals surface area (Å²) in [6, 6.07) is 0. The standard InChI is InChI=1S/2BO3.2Na.2H/c2*2-1(3)4;;;;/q2*-3;;;;/p+6. The maximum absolute atomic E-state index is 8.42. The fourth-order valence-corrected chi connectivity index (χ4v) is 0. The van der Waals surface area contributed by atoms with Gasteiger partial charge in [-0.3, -0.25) is 14.6 Å². The topological polar surface area (TPSA) is 138 Å². The summed E-state index contributed by atoms with van der Waals surface area (Å²) in [4.78, 5) is 0. The third-order valence-corrected chi connectivity index (χ3v) is 0. The van der Waals surface area contributed by atoms with Gasteiger partial charge < -0.3 is 30.1 Å². The van der Waals surface area contributed by atoms with Crippen LogP contribution in [0, 0.1) is 0 Å². The second kappa shape index (κ2) is 17.1. The van der Waals surface area contributed by atoms with Crippen LogP contribution in [0.1, 0.15) is 8.56 Å². The van der Waals surface area contributed by atoms with Crippen molar-refractivity contribution in [3.63, 3.8) is 0 Å². The van der Waals surface area contributed by atoms with Crippen LogP contribution in [-0.2, 0) is 0 Å². The van der Waals surface area contributed by atoms with E-state index in [1.165, 1.54) is 0 Å². The van der Waals surface area contributed by atoms with Crippen LogP contribution in [-0.4, -0.2) is 73.8 Å². The van der Waals surface area contributed by atoms with Crippen LogP contribution in [0.4, 0.5) is 0 Å². The molecule has 0 saturated heterocycles. The molecule has 0 heterocycles. The molecule has 0 fully saturated rings. The van der Waals surface area contributed by atoms with Gasteiger partial charge >= 0.3 is 67.7 Å². The van der Waals surface area contributed by atoms with Gasteiger partial charge in [0.15, 0.2) is 0 Å². The minimum atomic E-state index is -2.92. The maximum Gasteiger partial charge on any atom is -0.278 e. The quantitative estimate of drug-likeness (QED) is 0.332. The zero-order valence-electron chi connectivity index (χ0n) is 9.60. The average molecular weight is 172 g/mol. The minimum absolute atomic E-state index is 0. The van der Waals surface area contributed by atoms with Crippen molar-refractivity contribution in [2.45, 2.75) is 0 Å². The van der Waals surface area contributed by atoms with E-state index in [-0.39, 0.29) is 67.7 Å². The van der Waals surface area contributed by atoms with Crippen molar-refractivity contribution in [1.29, 1.82) is 0 Å². The predicted octanol–water partition coefficient (Wildman–Crippen LogP) is -8.52. The van der Waals surface area contributed by atoms with E-state index < -0.39 is 14.6 Å². The molecule has 0 bridgehead atoms. The van der Waals surface area contributed by atoms with Crippen molar-refractivity contribution in [3.8, 4) is 0 Å². The Morgan fingerprint density at radius 2 is 0.600 bits per heavy atom. The molecule has 0 spiro atoms. The van der Waals surface area contributed by atoms with Crippen LogP contribution >= 0.6 is 0 Å². The van der Waals surface area contributed by atoms with Gasteiger partial charge in [0.2, 0.25) is 0 Å². The predicted molar refractivity (Wildman–Crippen MR) is 32.5 cm³/mol. The molecular formula is H8B2Na2O6. The first-order chi connectivity index (χ1) is 3.46. The van der Waals surface area contributed by atoms with E-state index in [9.17, 15) is 0 Å². The van der Waals surface area contributed by atoms with Gasteiger partial charge in [-0.1, -0.05) is 0 Å². The van der Waals surface area contributed by atoms with Gasteiger partial charge in [-0.15, -0.1) is 0 Å². The van der Waals surface area contributed by atoms with E-state index >= 15 is 0 Å². The monoisotopic (exact) mass is 172 g/mol. The minimum Gasteiger partial charge on any atom is -0.907 e. The molecule has 0 radical (unpaired) electrons. The van der Waals surface area contributed by atoms with Crippen molar-refractivity contribution >= 4 is 73.8 Å². The van der Waals surface area contributed by atoms with Gasteiger partial charge in [0.1, 0.15) is 0 Å². The first-order valence-corrected chi connectivity index (χ1v) is 1.41. The van der Waals surface area contributed by atoms with Crippen LogP contribution < -0.4 is 30.1 Å². The molecular weight excluding hydrogens is 164 g/mol. The fourth-order valence-electron chi connectivity index (χ4n) is 0. The summed E-state index contributed by atoms with van der Waals surface area (Å²) >= 11 is 0. The molecule has 0 atom stereocenters. The molecule has 0 aliphatic rings. The van der Waals surface area contributed by atoms with Crippen LogP contribution in [0.25, 0.3) is 0 Å². The summed E-state index contributed by atoms with van der Waals surface area (Å²) in [5, 5.41) is 50.5. The molecule has 0 N–H and O–H groups in total. The molecule has 52 valence electrons. The Bertz CT molecular complexity index is 44.5. The van der Waals surface area contributed by atoms with Crippen LogP contribution in [0.3, 0.4) is 0 Å². The second-order valence-corrected chi connectivity index (χ2v) is 0.577. The molecule has 0 saturated carbocycles. The summed E-state index contributed by atoms with van der Waals surface area (Å²) in [5.41, 5.74) is 0. The Kier molecular flexibility index (Phi) is 38.8. The van der Waals surface area contributed by atoms with Crippen molar-refractivity contribution in [1.82, 2.24) is 0 Å². The van der Waals surface area contributed by atoms with E-state index in [0.29, 0.717) is 0 Å². The first-order valence-electron chi connectivity index (χ1n) is 1.41. The zero-order chi connectivity index (χ0) is 7.15. The summed E-state index contributed by atoms with van der Waals surface area (Å²) in [6.07, 6.45) is 0. The molecule has 0 rings (SSSR count). The van der Waals surface area contributed by atoms with Crippen LogP contribution in [0.15, 0.2) is 0 Å². The number of rotatable bonds is 0. The third-order valence-electron chi connectivity index (χ3n) is 0. The Morgan fingerprint density at radius 3 is 0.600 bits per heavy atom. The Balaban J connectivity index is -0.00000000375. The normalized spacial score (nSPS) is 5.40. The first kappa shape index (κ1) is 22.7. The van der Waals surface area contributed by atoms with Gasteiger partial charge in [0, 0.05) is 0 Å². The van der Waals surface area contributed by atoms with Crippen LogP contribution in [0.2, 0.25) is 0 Å². The van der Waals surface area contributed by atoms with E-state index in [1.807, 2.05) is 0 Å². The Labute approximate surface area is 112 Å².